The Morgan fingerprint density at radius 2 is 1.86 bits per heavy atom. The molecule has 1 amide bonds. The molecule has 1 aromatic carbocycles. The molecule has 0 aliphatic carbocycles. The quantitative estimate of drug-likeness (QED) is 0.844. The second-order valence-electron chi connectivity index (χ2n) is 5.10. The maximum atomic E-state index is 12.4. The van der Waals surface area contributed by atoms with Gasteiger partial charge in [0.05, 0.1) is 6.10 Å². The van der Waals surface area contributed by atoms with Crippen molar-refractivity contribution in [2.24, 2.45) is 0 Å². The van der Waals surface area contributed by atoms with Gasteiger partial charge in [-0.25, -0.2) is 0 Å². The summed E-state index contributed by atoms with van der Waals surface area (Å²) in [5.41, 5.74) is 0.521. The van der Waals surface area contributed by atoms with Crippen molar-refractivity contribution >= 4 is 29.1 Å². The average Bonchev–Trinajstić information content (AvgIpc) is 2.46. The summed E-state index contributed by atoms with van der Waals surface area (Å²) in [5, 5.41) is 9.66. The Kier molecular flexibility index (Phi) is 6.30. The largest absolute Gasteiger partial charge is 0.396 e. The van der Waals surface area contributed by atoms with Gasteiger partial charge in [0.2, 0.25) is 0 Å². The number of carbonyl (C=O) groups is 1. The van der Waals surface area contributed by atoms with Crippen molar-refractivity contribution in [1.82, 2.24) is 4.90 Å². The van der Waals surface area contributed by atoms with Crippen LogP contribution in [0.15, 0.2) is 18.2 Å². The number of amides is 1. The second kappa shape index (κ2) is 7.99. The Bertz CT molecular complexity index is 468. The zero-order valence-electron chi connectivity index (χ0n) is 11.7. The molecule has 1 aliphatic rings. The number of piperidine rings is 1. The number of carbonyl (C=O) groups excluding carboxylic acids is 1. The number of hydrogen-bond acceptors (Lipinski definition) is 3. The minimum absolute atomic E-state index is 0.0480. The number of likely N-dealkylation sites (tertiary alicyclic amines) is 1. The first-order valence-electron chi connectivity index (χ1n) is 7.08. The molecule has 0 atom stereocenters. The Balaban J connectivity index is 1.88. The van der Waals surface area contributed by atoms with Gasteiger partial charge in [0.15, 0.2) is 0 Å². The molecule has 1 saturated heterocycles. The van der Waals surface area contributed by atoms with E-state index in [1.54, 1.807) is 23.1 Å². The molecule has 1 N–H and O–H groups in total. The first-order chi connectivity index (χ1) is 10.1. The molecule has 0 saturated carbocycles. The second-order valence-corrected chi connectivity index (χ2v) is 5.97. The molecule has 1 heterocycles. The maximum absolute atomic E-state index is 12.4. The summed E-state index contributed by atoms with van der Waals surface area (Å²) in [4.78, 5) is 14.2. The van der Waals surface area contributed by atoms with E-state index in [-0.39, 0.29) is 18.6 Å². The number of nitrogens with zero attached hydrogens (tertiary/aromatic N) is 1. The van der Waals surface area contributed by atoms with Gasteiger partial charge in [0, 0.05) is 41.9 Å². The van der Waals surface area contributed by atoms with E-state index in [2.05, 4.69) is 0 Å². The van der Waals surface area contributed by atoms with Gasteiger partial charge in [0.25, 0.3) is 5.91 Å². The molecule has 116 valence electrons. The Labute approximate surface area is 134 Å². The molecule has 1 aliphatic heterocycles. The summed E-state index contributed by atoms with van der Waals surface area (Å²) in [6.45, 7) is 2.03. The zero-order valence-corrected chi connectivity index (χ0v) is 13.2. The van der Waals surface area contributed by atoms with E-state index in [1.807, 2.05) is 0 Å². The summed E-state index contributed by atoms with van der Waals surface area (Å²) in [6.07, 6.45) is 2.44. The van der Waals surface area contributed by atoms with Crippen molar-refractivity contribution < 1.29 is 14.6 Å². The minimum Gasteiger partial charge on any atom is -0.396 e. The molecule has 4 nitrogen and oxygen atoms in total. The van der Waals surface area contributed by atoms with Crippen molar-refractivity contribution in [1.29, 1.82) is 0 Å². The van der Waals surface area contributed by atoms with Crippen LogP contribution in [-0.2, 0) is 4.74 Å². The lowest BCUT2D eigenvalue weighted by Crippen LogP contribution is -2.41. The molecule has 0 unspecified atom stereocenters. The molecular weight excluding hydrogens is 313 g/mol. The molecule has 0 radical (unpaired) electrons. The van der Waals surface area contributed by atoms with Gasteiger partial charge in [-0.05, 0) is 37.5 Å². The highest BCUT2D eigenvalue weighted by Gasteiger charge is 2.24. The van der Waals surface area contributed by atoms with Crippen LogP contribution in [-0.4, -0.2) is 48.3 Å². The van der Waals surface area contributed by atoms with E-state index < -0.39 is 0 Å². The highest BCUT2D eigenvalue weighted by Crippen LogP contribution is 2.22. The van der Waals surface area contributed by atoms with Crippen molar-refractivity contribution in [2.75, 3.05) is 26.3 Å². The number of rotatable bonds is 5. The third kappa shape index (κ3) is 4.85. The molecule has 0 aromatic heterocycles. The predicted molar refractivity (Wildman–Crippen MR) is 83.0 cm³/mol. The summed E-state index contributed by atoms with van der Waals surface area (Å²) >= 11 is 11.9. The van der Waals surface area contributed by atoms with Gasteiger partial charge in [-0.2, -0.15) is 0 Å². The molecular formula is C15H19Cl2NO3. The molecule has 2 rings (SSSR count). The maximum Gasteiger partial charge on any atom is 0.253 e. The topological polar surface area (TPSA) is 49.8 Å². The highest BCUT2D eigenvalue weighted by atomic mass is 35.5. The Morgan fingerprint density at radius 1 is 1.24 bits per heavy atom. The van der Waals surface area contributed by atoms with Gasteiger partial charge in [-0.15, -0.1) is 0 Å². The smallest absolute Gasteiger partial charge is 0.253 e. The van der Waals surface area contributed by atoms with E-state index in [0.29, 0.717) is 41.7 Å². The van der Waals surface area contributed by atoms with E-state index in [0.717, 1.165) is 12.8 Å². The van der Waals surface area contributed by atoms with Crippen LogP contribution in [0.3, 0.4) is 0 Å². The lowest BCUT2D eigenvalue weighted by molar-refractivity contribution is 0.00397. The molecule has 21 heavy (non-hydrogen) atoms. The molecule has 1 aromatic rings. The molecule has 0 bridgehead atoms. The third-order valence-electron chi connectivity index (χ3n) is 3.49. The number of hydrogen-bond donors (Lipinski definition) is 1. The first kappa shape index (κ1) is 16.6. The standard InChI is InChI=1S/C15H19Cl2NO3/c16-12-8-11(9-13(17)10-12)15(20)18-4-2-14(3-5-18)21-7-1-6-19/h8-10,14,19H,1-7H2. The van der Waals surface area contributed by atoms with Gasteiger partial charge in [0.1, 0.15) is 0 Å². The fraction of sp³-hybridized carbons (Fsp3) is 0.533. The van der Waals surface area contributed by atoms with Crippen LogP contribution < -0.4 is 0 Å². The van der Waals surface area contributed by atoms with Gasteiger partial charge in [-0.3, -0.25) is 4.79 Å². The van der Waals surface area contributed by atoms with E-state index in [4.69, 9.17) is 33.0 Å². The van der Waals surface area contributed by atoms with E-state index >= 15 is 0 Å². The number of ether oxygens (including phenoxy) is 1. The SMILES string of the molecule is O=C(c1cc(Cl)cc(Cl)c1)N1CCC(OCCCO)CC1. The predicted octanol–water partition coefficient (Wildman–Crippen LogP) is 3.00. The number of aliphatic hydroxyl groups excluding tert-OH is 1. The van der Waals surface area contributed by atoms with Gasteiger partial charge in [-0.1, -0.05) is 23.2 Å². The normalized spacial score (nSPS) is 16.2. The summed E-state index contributed by atoms with van der Waals surface area (Å²) in [7, 11) is 0. The van der Waals surface area contributed by atoms with Crippen molar-refractivity contribution in [3.05, 3.63) is 33.8 Å². The van der Waals surface area contributed by atoms with Crippen LogP contribution in [0.1, 0.15) is 29.6 Å². The summed E-state index contributed by atoms with van der Waals surface area (Å²) in [6, 6.07) is 4.89. The zero-order chi connectivity index (χ0) is 15.2. The third-order valence-corrected chi connectivity index (χ3v) is 3.93. The molecule has 1 fully saturated rings. The van der Waals surface area contributed by atoms with Crippen LogP contribution >= 0.6 is 23.2 Å². The fourth-order valence-corrected chi connectivity index (χ4v) is 2.93. The van der Waals surface area contributed by atoms with Crippen molar-refractivity contribution in [3.8, 4) is 0 Å². The number of benzene rings is 1. The van der Waals surface area contributed by atoms with E-state index in [9.17, 15) is 4.79 Å². The Morgan fingerprint density at radius 3 is 2.43 bits per heavy atom. The summed E-state index contributed by atoms with van der Waals surface area (Å²) in [5.74, 6) is -0.0480. The van der Waals surface area contributed by atoms with Crippen LogP contribution in [0.4, 0.5) is 0 Å². The minimum atomic E-state index is -0.0480. The van der Waals surface area contributed by atoms with E-state index in [1.165, 1.54) is 0 Å². The van der Waals surface area contributed by atoms with Crippen LogP contribution in [0, 0.1) is 0 Å². The number of halogens is 2. The van der Waals surface area contributed by atoms with Gasteiger partial charge >= 0.3 is 0 Å². The first-order valence-corrected chi connectivity index (χ1v) is 7.83. The summed E-state index contributed by atoms with van der Waals surface area (Å²) < 4.78 is 5.66. The van der Waals surface area contributed by atoms with Gasteiger partial charge < -0.3 is 14.7 Å². The number of aliphatic hydroxyl groups is 1. The van der Waals surface area contributed by atoms with Crippen LogP contribution in [0.2, 0.25) is 10.0 Å². The van der Waals surface area contributed by atoms with Crippen molar-refractivity contribution in [3.63, 3.8) is 0 Å². The molecule has 0 spiro atoms. The molecule has 6 heteroatoms. The van der Waals surface area contributed by atoms with Crippen molar-refractivity contribution in [2.45, 2.75) is 25.4 Å². The lowest BCUT2D eigenvalue weighted by Gasteiger charge is -2.32. The monoisotopic (exact) mass is 331 g/mol. The lowest BCUT2D eigenvalue weighted by atomic mass is 10.1. The van der Waals surface area contributed by atoms with Crippen LogP contribution in [0.5, 0.6) is 0 Å². The Hall–Kier alpha value is -0.810. The fourth-order valence-electron chi connectivity index (χ4n) is 2.40. The average molecular weight is 332 g/mol. The van der Waals surface area contributed by atoms with Crippen LogP contribution in [0.25, 0.3) is 0 Å². The highest BCUT2D eigenvalue weighted by molar-refractivity contribution is 6.35.